The van der Waals surface area contributed by atoms with E-state index in [9.17, 15) is 9.59 Å². The molecule has 0 aliphatic heterocycles. The summed E-state index contributed by atoms with van der Waals surface area (Å²) < 4.78 is 4.38. The predicted molar refractivity (Wildman–Crippen MR) is 119 cm³/mol. The Morgan fingerprint density at radius 2 is 1.97 bits per heavy atom. The maximum absolute atomic E-state index is 12.8. The molecule has 30 heavy (non-hydrogen) atoms. The minimum absolute atomic E-state index is 0.0104. The van der Waals surface area contributed by atoms with E-state index in [0.717, 1.165) is 23.3 Å². The summed E-state index contributed by atoms with van der Waals surface area (Å²) in [7, 11) is 0. The molecule has 8 heteroatoms. The number of fused-ring (bicyclic) bond motifs is 3. The number of rotatable bonds is 8. The van der Waals surface area contributed by atoms with E-state index in [4.69, 9.17) is 0 Å². The number of nitrogens with zero attached hydrogens (tertiary/aromatic N) is 4. The fourth-order valence-corrected chi connectivity index (χ4v) is 4.39. The van der Waals surface area contributed by atoms with Gasteiger partial charge in [0, 0.05) is 25.9 Å². The van der Waals surface area contributed by atoms with Crippen LogP contribution in [0.15, 0.2) is 40.5 Å². The number of benzene rings is 1. The minimum atomic E-state index is -0.0104. The van der Waals surface area contributed by atoms with Crippen LogP contribution < -0.4 is 10.9 Å². The second kappa shape index (κ2) is 8.79. The van der Waals surface area contributed by atoms with E-state index in [1.54, 1.807) is 4.57 Å². The summed E-state index contributed by atoms with van der Waals surface area (Å²) in [6, 6.07) is 10.1. The SMILES string of the molecule is CCCn1c(=O)c2sccc2n2c(CCCC(=O)NCc3ccc(C)cc3)nnc12. The zero-order valence-corrected chi connectivity index (χ0v) is 18.0. The monoisotopic (exact) mass is 423 g/mol. The Kier molecular flexibility index (Phi) is 5.94. The molecule has 0 saturated heterocycles. The summed E-state index contributed by atoms with van der Waals surface area (Å²) in [5.74, 6) is 1.38. The van der Waals surface area contributed by atoms with Gasteiger partial charge in [0.1, 0.15) is 10.5 Å². The van der Waals surface area contributed by atoms with Gasteiger partial charge in [-0.2, -0.15) is 0 Å². The van der Waals surface area contributed by atoms with Gasteiger partial charge in [0.05, 0.1) is 5.52 Å². The molecule has 0 fully saturated rings. The third-order valence-electron chi connectivity index (χ3n) is 5.14. The molecule has 7 nitrogen and oxygen atoms in total. The Balaban J connectivity index is 1.45. The second-order valence-corrected chi connectivity index (χ2v) is 8.38. The summed E-state index contributed by atoms with van der Waals surface area (Å²) in [4.78, 5) is 25.0. The van der Waals surface area contributed by atoms with Crippen LogP contribution in [0, 0.1) is 6.92 Å². The highest BCUT2D eigenvalue weighted by atomic mass is 32.1. The molecule has 3 aromatic heterocycles. The Hall–Kier alpha value is -3.00. The van der Waals surface area contributed by atoms with E-state index in [0.29, 0.717) is 42.8 Å². The predicted octanol–water partition coefficient (Wildman–Crippen LogP) is 3.46. The van der Waals surface area contributed by atoms with Crippen LogP contribution in [0.2, 0.25) is 0 Å². The van der Waals surface area contributed by atoms with Gasteiger partial charge in [-0.1, -0.05) is 36.8 Å². The van der Waals surface area contributed by atoms with E-state index in [1.807, 2.05) is 54.0 Å². The van der Waals surface area contributed by atoms with Crippen molar-refractivity contribution in [2.45, 2.75) is 52.6 Å². The van der Waals surface area contributed by atoms with Crippen molar-refractivity contribution >= 4 is 33.2 Å². The molecule has 0 unspecified atom stereocenters. The van der Waals surface area contributed by atoms with Gasteiger partial charge in [-0.25, -0.2) is 0 Å². The summed E-state index contributed by atoms with van der Waals surface area (Å²) >= 11 is 1.44. The molecular weight excluding hydrogens is 398 g/mol. The number of aromatic nitrogens is 4. The topological polar surface area (TPSA) is 81.3 Å². The van der Waals surface area contributed by atoms with Gasteiger partial charge in [0.15, 0.2) is 0 Å². The smallest absolute Gasteiger partial charge is 0.272 e. The number of carbonyl (C=O) groups is 1. The van der Waals surface area contributed by atoms with Crippen LogP contribution in [0.4, 0.5) is 0 Å². The van der Waals surface area contributed by atoms with Crippen molar-refractivity contribution in [2.24, 2.45) is 0 Å². The summed E-state index contributed by atoms with van der Waals surface area (Å²) in [6.07, 6.45) is 2.55. The van der Waals surface area contributed by atoms with Crippen LogP contribution in [0.1, 0.15) is 43.1 Å². The molecule has 4 aromatic rings. The number of hydrogen-bond acceptors (Lipinski definition) is 5. The molecule has 156 valence electrons. The maximum atomic E-state index is 12.8. The van der Waals surface area contributed by atoms with E-state index < -0.39 is 0 Å². The highest BCUT2D eigenvalue weighted by molar-refractivity contribution is 7.17. The van der Waals surface area contributed by atoms with Crippen LogP contribution in [0.25, 0.3) is 16.0 Å². The molecule has 1 amide bonds. The fraction of sp³-hybridized carbons (Fsp3) is 0.364. The normalized spacial score (nSPS) is 11.4. The molecule has 0 aliphatic carbocycles. The number of carbonyl (C=O) groups excluding carboxylic acids is 1. The van der Waals surface area contributed by atoms with Crippen LogP contribution >= 0.6 is 11.3 Å². The van der Waals surface area contributed by atoms with Gasteiger partial charge in [0.2, 0.25) is 11.7 Å². The maximum Gasteiger partial charge on any atom is 0.272 e. The molecular formula is C22H25N5O2S. The highest BCUT2D eigenvalue weighted by Gasteiger charge is 2.17. The molecule has 1 aromatic carbocycles. The molecule has 0 spiro atoms. The van der Waals surface area contributed by atoms with Crippen molar-refractivity contribution in [3.05, 3.63) is 63.0 Å². The van der Waals surface area contributed by atoms with Crippen molar-refractivity contribution in [3.63, 3.8) is 0 Å². The standard InChI is InChI=1S/C22H25N5O2S/c1-3-12-26-21(29)20-17(11-13-30-20)27-18(24-25-22(26)27)5-4-6-19(28)23-14-16-9-7-15(2)8-10-16/h7-11,13H,3-6,12,14H2,1-2H3,(H,23,28). The van der Waals surface area contributed by atoms with Gasteiger partial charge in [0.25, 0.3) is 5.56 Å². The van der Waals surface area contributed by atoms with Gasteiger partial charge in [-0.05, 0) is 36.8 Å². The number of thiophene rings is 1. The fourth-order valence-electron chi connectivity index (χ4n) is 3.57. The third-order valence-corrected chi connectivity index (χ3v) is 6.03. The lowest BCUT2D eigenvalue weighted by atomic mass is 10.1. The van der Waals surface area contributed by atoms with Crippen LogP contribution in [-0.2, 0) is 24.3 Å². The van der Waals surface area contributed by atoms with Crippen molar-refractivity contribution in [1.29, 1.82) is 0 Å². The lowest BCUT2D eigenvalue weighted by Crippen LogP contribution is -2.23. The lowest BCUT2D eigenvalue weighted by molar-refractivity contribution is -0.121. The van der Waals surface area contributed by atoms with Crippen molar-refractivity contribution in [2.75, 3.05) is 0 Å². The van der Waals surface area contributed by atoms with Crippen molar-refractivity contribution in [3.8, 4) is 0 Å². The molecule has 4 rings (SSSR count). The van der Waals surface area contributed by atoms with Gasteiger partial charge in [-0.15, -0.1) is 21.5 Å². The van der Waals surface area contributed by atoms with Crippen LogP contribution in [0.3, 0.4) is 0 Å². The average molecular weight is 424 g/mol. The molecule has 0 aliphatic rings. The number of nitrogens with one attached hydrogen (secondary N) is 1. The largest absolute Gasteiger partial charge is 0.352 e. The quantitative estimate of drug-likeness (QED) is 0.471. The first-order valence-electron chi connectivity index (χ1n) is 10.2. The molecule has 3 heterocycles. The van der Waals surface area contributed by atoms with Crippen molar-refractivity contribution < 1.29 is 4.79 Å². The molecule has 0 saturated carbocycles. The zero-order valence-electron chi connectivity index (χ0n) is 17.2. The lowest BCUT2D eigenvalue weighted by Gasteiger charge is -2.08. The first kappa shape index (κ1) is 20.3. The van der Waals surface area contributed by atoms with E-state index >= 15 is 0 Å². The van der Waals surface area contributed by atoms with Crippen LogP contribution in [0.5, 0.6) is 0 Å². The summed E-state index contributed by atoms with van der Waals surface area (Å²) in [5, 5.41) is 13.5. The minimum Gasteiger partial charge on any atom is -0.352 e. The summed E-state index contributed by atoms with van der Waals surface area (Å²) in [6.45, 7) is 5.22. The Labute approximate surface area is 178 Å². The van der Waals surface area contributed by atoms with Gasteiger partial charge < -0.3 is 5.32 Å². The third kappa shape index (κ3) is 4.00. The molecule has 0 bridgehead atoms. The Morgan fingerprint density at radius 3 is 2.73 bits per heavy atom. The number of hydrogen-bond donors (Lipinski definition) is 1. The highest BCUT2D eigenvalue weighted by Crippen LogP contribution is 2.20. The van der Waals surface area contributed by atoms with E-state index in [1.165, 1.54) is 16.9 Å². The number of amides is 1. The molecule has 0 radical (unpaired) electrons. The van der Waals surface area contributed by atoms with E-state index in [2.05, 4.69) is 15.5 Å². The van der Waals surface area contributed by atoms with Crippen molar-refractivity contribution in [1.82, 2.24) is 24.5 Å². The van der Waals surface area contributed by atoms with Gasteiger partial charge in [-0.3, -0.25) is 18.6 Å². The molecule has 0 atom stereocenters. The average Bonchev–Trinajstić information content (AvgIpc) is 3.38. The molecule has 1 N–H and O–H groups in total. The Morgan fingerprint density at radius 1 is 1.17 bits per heavy atom. The Bertz CT molecular complexity index is 1240. The first-order chi connectivity index (χ1) is 14.6. The number of aryl methyl sites for hydroxylation is 3. The van der Waals surface area contributed by atoms with Gasteiger partial charge >= 0.3 is 0 Å². The first-order valence-corrected chi connectivity index (χ1v) is 11.1. The zero-order chi connectivity index (χ0) is 21.1. The van der Waals surface area contributed by atoms with E-state index in [-0.39, 0.29) is 11.5 Å². The summed E-state index contributed by atoms with van der Waals surface area (Å²) in [5.41, 5.74) is 3.13. The van der Waals surface area contributed by atoms with Crippen LogP contribution in [-0.4, -0.2) is 25.1 Å². The second-order valence-electron chi connectivity index (χ2n) is 7.46.